The Bertz CT molecular complexity index is 733. The predicted octanol–water partition coefficient (Wildman–Crippen LogP) is 7.38. The summed E-state index contributed by atoms with van der Waals surface area (Å²) in [6.07, 6.45) is 4.65. The molecule has 1 unspecified atom stereocenters. The van der Waals surface area contributed by atoms with E-state index in [1.54, 1.807) is 13.2 Å². The van der Waals surface area contributed by atoms with Crippen LogP contribution in [0.15, 0.2) is 36.4 Å². The summed E-state index contributed by atoms with van der Waals surface area (Å²) in [7, 11) is 1.62. The van der Waals surface area contributed by atoms with Gasteiger partial charge in [0.1, 0.15) is 11.6 Å². The number of methoxy groups -OCH3 is 1. The molecule has 0 N–H and O–H groups in total. The van der Waals surface area contributed by atoms with Gasteiger partial charge in [0, 0.05) is 5.56 Å². The van der Waals surface area contributed by atoms with Crippen molar-refractivity contribution in [3.63, 3.8) is 0 Å². The standard InChI is InChI=1S/C22H27FO.C2H6/c1-5-15-8-10-17(19-14-16(24-4)9-11-21(19)23)18(13-15)20-7-6-12-22(20,2)3;1-2/h8-11,13-14,20H,5-7,12H2,1-4H3;1-2H3. The maximum absolute atomic E-state index is 14.6. The van der Waals surface area contributed by atoms with Gasteiger partial charge in [-0.3, -0.25) is 0 Å². The molecule has 0 bridgehead atoms. The minimum absolute atomic E-state index is 0.183. The third-order valence-electron chi connectivity index (χ3n) is 5.62. The van der Waals surface area contributed by atoms with Gasteiger partial charge in [-0.05, 0) is 65.5 Å². The van der Waals surface area contributed by atoms with Crippen molar-refractivity contribution in [1.82, 2.24) is 0 Å². The molecule has 0 spiro atoms. The summed E-state index contributed by atoms with van der Waals surface area (Å²) in [5.74, 6) is 0.990. The zero-order valence-electron chi connectivity index (χ0n) is 17.2. The molecule has 1 fully saturated rings. The Labute approximate surface area is 158 Å². The molecular formula is C24H33FO. The predicted molar refractivity (Wildman–Crippen MR) is 109 cm³/mol. The van der Waals surface area contributed by atoms with Gasteiger partial charge < -0.3 is 4.74 Å². The van der Waals surface area contributed by atoms with Gasteiger partial charge in [-0.25, -0.2) is 4.39 Å². The number of ether oxygens (including phenoxy) is 1. The van der Waals surface area contributed by atoms with Crippen molar-refractivity contribution in [2.75, 3.05) is 7.11 Å². The van der Waals surface area contributed by atoms with Crippen molar-refractivity contribution in [2.24, 2.45) is 5.41 Å². The quantitative estimate of drug-likeness (QED) is 0.555. The van der Waals surface area contributed by atoms with E-state index < -0.39 is 0 Å². The van der Waals surface area contributed by atoms with Crippen LogP contribution in [0.3, 0.4) is 0 Å². The number of rotatable bonds is 4. The van der Waals surface area contributed by atoms with Crippen LogP contribution in [0.5, 0.6) is 5.75 Å². The SMILES string of the molecule is CC.CCc1ccc(-c2cc(OC)ccc2F)c(C2CCCC2(C)C)c1. The zero-order chi connectivity index (χ0) is 19.3. The molecule has 1 aliphatic rings. The Kier molecular flexibility index (Phi) is 6.86. The summed E-state index contributed by atoms with van der Waals surface area (Å²) < 4.78 is 19.9. The van der Waals surface area contributed by atoms with Crippen LogP contribution < -0.4 is 4.74 Å². The number of aryl methyl sites for hydroxylation is 1. The molecule has 142 valence electrons. The first-order valence-corrected chi connectivity index (χ1v) is 9.93. The van der Waals surface area contributed by atoms with E-state index in [-0.39, 0.29) is 11.2 Å². The largest absolute Gasteiger partial charge is 0.497 e. The van der Waals surface area contributed by atoms with Crippen molar-refractivity contribution in [3.05, 3.63) is 53.3 Å². The normalized spacial score (nSPS) is 18.2. The molecule has 0 heterocycles. The molecule has 0 aliphatic heterocycles. The molecule has 3 rings (SSSR count). The van der Waals surface area contributed by atoms with E-state index >= 15 is 0 Å². The molecule has 1 nitrogen and oxygen atoms in total. The van der Waals surface area contributed by atoms with E-state index in [1.165, 1.54) is 36.5 Å². The molecule has 1 saturated carbocycles. The molecule has 2 aromatic carbocycles. The highest BCUT2D eigenvalue weighted by molar-refractivity contribution is 5.71. The van der Waals surface area contributed by atoms with Crippen LogP contribution in [0.2, 0.25) is 0 Å². The minimum Gasteiger partial charge on any atom is -0.497 e. The Hall–Kier alpha value is -1.83. The van der Waals surface area contributed by atoms with Gasteiger partial charge >= 0.3 is 0 Å². The van der Waals surface area contributed by atoms with Crippen LogP contribution >= 0.6 is 0 Å². The molecule has 0 radical (unpaired) electrons. The fourth-order valence-corrected chi connectivity index (χ4v) is 4.11. The third kappa shape index (κ3) is 4.11. The monoisotopic (exact) mass is 356 g/mol. The summed E-state index contributed by atoms with van der Waals surface area (Å²) in [5, 5.41) is 0. The van der Waals surface area contributed by atoms with E-state index in [9.17, 15) is 4.39 Å². The van der Waals surface area contributed by atoms with E-state index in [4.69, 9.17) is 4.74 Å². The van der Waals surface area contributed by atoms with Gasteiger partial charge in [-0.15, -0.1) is 0 Å². The summed E-state index contributed by atoms with van der Waals surface area (Å²) in [5.41, 5.74) is 4.54. The molecule has 26 heavy (non-hydrogen) atoms. The number of hydrogen-bond acceptors (Lipinski definition) is 1. The smallest absolute Gasteiger partial charge is 0.131 e. The highest BCUT2D eigenvalue weighted by Gasteiger charge is 2.37. The van der Waals surface area contributed by atoms with Crippen LogP contribution in [0.1, 0.15) is 70.9 Å². The average molecular weight is 357 g/mol. The summed E-state index contributed by atoms with van der Waals surface area (Å²) in [6, 6.07) is 11.5. The minimum atomic E-state index is -0.183. The Morgan fingerprint density at radius 1 is 1.08 bits per heavy atom. The molecule has 2 aromatic rings. The van der Waals surface area contributed by atoms with Crippen LogP contribution in [0.25, 0.3) is 11.1 Å². The van der Waals surface area contributed by atoms with Crippen LogP contribution in [0.4, 0.5) is 4.39 Å². The lowest BCUT2D eigenvalue weighted by atomic mass is 9.75. The molecule has 0 saturated heterocycles. The Morgan fingerprint density at radius 2 is 1.81 bits per heavy atom. The van der Waals surface area contributed by atoms with Gasteiger partial charge in [-0.1, -0.05) is 59.2 Å². The van der Waals surface area contributed by atoms with Crippen molar-refractivity contribution in [1.29, 1.82) is 0 Å². The second-order valence-corrected chi connectivity index (χ2v) is 7.55. The second kappa shape index (κ2) is 8.70. The van der Waals surface area contributed by atoms with Crippen molar-refractivity contribution in [3.8, 4) is 16.9 Å². The summed E-state index contributed by atoms with van der Waals surface area (Å²) >= 11 is 0. The van der Waals surface area contributed by atoms with Crippen molar-refractivity contribution in [2.45, 2.75) is 66.2 Å². The molecule has 1 atom stereocenters. The first kappa shape index (κ1) is 20.5. The zero-order valence-corrected chi connectivity index (χ0v) is 17.2. The molecule has 1 aliphatic carbocycles. The first-order valence-electron chi connectivity index (χ1n) is 9.93. The van der Waals surface area contributed by atoms with Crippen molar-refractivity contribution >= 4 is 0 Å². The highest BCUT2D eigenvalue weighted by atomic mass is 19.1. The molecule has 0 aromatic heterocycles. The molecule has 0 amide bonds. The van der Waals surface area contributed by atoms with Crippen LogP contribution in [0, 0.1) is 11.2 Å². The van der Waals surface area contributed by atoms with E-state index in [1.807, 2.05) is 19.9 Å². The molecule has 2 heteroatoms. The Morgan fingerprint density at radius 3 is 2.38 bits per heavy atom. The lowest BCUT2D eigenvalue weighted by molar-refractivity contribution is 0.332. The number of hydrogen-bond donors (Lipinski definition) is 0. The van der Waals surface area contributed by atoms with Crippen molar-refractivity contribution < 1.29 is 9.13 Å². The highest BCUT2D eigenvalue weighted by Crippen LogP contribution is 2.51. The lowest BCUT2D eigenvalue weighted by Crippen LogP contribution is -2.16. The maximum atomic E-state index is 14.6. The average Bonchev–Trinajstić information content (AvgIpc) is 3.02. The Balaban J connectivity index is 0.00000117. The van der Waals surface area contributed by atoms with Gasteiger partial charge in [0.25, 0.3) is 0 Å². The van der Waals surface area contributed by atoms with E-state index in [2.05, 4.69) is 39.0 Å². The second-order valence-electron chi connectivity index (χ2n) is 7.55. The summed E-state index contributed by atoms with van der Waals surface area (Å²) in [6.45, 7) is 10.9. The van der Waals surface area contributed by atoms with Gasteiger partial charge in [0.15, 0.2) is 0 Å². The first-order chi connectivity index (χ1) is 12.5. The van der Waals surface area contributed by atoms with Gasteiger partial charge in [-0.2, -0.15) is 0 Å². The molecular weight excluding hydrogens is 323 g/mol. The fraction of sp³-hybridized carbons (Fsp3) is 0.500. The van der Waals surface area contributed by atoms with Crippen LogP contribution in [-0.2, 0) is 6.42 Å². The van der Waals surface area contributed by atoms with Gasteiger partial charge in [0.05, 0.1) is 7.11 Å². The lowest BCUT2D eigenvalue weighted by Gasteiger charge is -2.30. The summed E-state index contributed by atoms with van der Waals surface area (Å²) in [4.78, 5) is 0. The third-order valence-corrected chi connectivity index (χ3v) is 5.62. The number of benzene rings is 2. The topological polar surface area (TPSA) is 9.23 Å². The van der Waals surface area contributed by atoms with E-state index in [0.717, 1.165) is 12.0 Å². The fourth-order valence-electron chi connectivity index (χ4n) is 4.11. The number of halogens is 1. The van der Waals surface area contributed by atoms with Crippen LogP contribution in [-0.4, -0.2) is 7.11 Å². The van der Waals surface area contributed by atoms with Gasteiger partial charge in [0.2, 0.25) is 0 Å². The van der Waals surface area contributed by atoms with E-state index in [0.29, 0.717) is 17.2 Å². The maximum Gasteiger partial charge on any atom is 0.131 e.